The Labute approximate surface area is 174 Å². The number of thioether (sulfide) groups is 1. The van der Waals surface area contributed by atoms with Crippen molar-refractivity contribution in [1.82, 2.24) is 5.32 Å². The van der Waals surface area contributed by atoms with Crippen LogP contribution in [0.3, 0.4) is 0 Å². The first kappa shape index (κ1) is 26.0. The molecule has 0 unspecified atom stereocenters. The molecule has 0 spiro atoms. The molecule has 0 heterocycles. The van der Waals surface area contributed by atoms with Crippen molar-refractivity contribution >= 4 is 37.8 Å². The van der Waals surface area contributed by atoms with Crippen LogP contribution in [-0.4, -0.2) is 50.7 Å². The molecule has 1 N–H and O–H groups in total. The summed E-state index contributed by atoms with van der Waals surface area (Å²) in [6.07, 6.45) is 19.2. The van der Waals surface area contributed by atoms with Crippen LogP contribution in [0.1, 0.15) is 97.3 Å². The molecule has 0 saturated heterocycles. The van der Waals surface area contributed by atoms with Crippen molar-refractivity contribution in [2.75, 3.05) is 18.6 Å². The second kappa shape index (κ2) is 19.8. The van der Waals surface area contributed by atoms with E-state index >= 15 is 0 Å². The zero-order valence-electron chi connectivity index (χ0n) is 17.3. The predicted molar refractivity (Wildman–Crippen MR) is 118 cm³/mol. The van der Waals surface area contributed by atoms with Crippen LogP contribution in [0, 0.1) is 0 Å². The summed E-state index contributed by atoms with van der Waals surface area (Å²) in [6.45, 7) is 4.58. The minimum absolute atomic E-state index is 0.00202. The second-order valence-electron chi connectivity index (χ2n) is 7.09. The molecule has 1 atom stereocenters. The van der Waals surface area contributed by atoms with E-state index in [1.165, 1.54) is 70.6 Å². The molecule has 0 aromatic rings. The van der Waals surface area contributed by atoms with Crippen molar-refractivity contribution in [3.8, 4) is 0 Å². The van der Waals surface area contributed by atoms with Gasteiger partial charge >= 0.3 is 148 Å². The van der Waals surface area contributed by atoms with Gasteiger partial charge in [-0.1, -0.05) is 26.2 Å². The number of ether oxygens (including phenoxy) is 1. The number of carbonyl (C=O) groups is 1. The summed E-state index contributed by atoms with van der Waals surface area (Å²) < 4.78 is 6.66. The van der Waals surface area contributed by atoms with Crippen molar-refractivity contribution in [1.29, 1.82) is 0 Å². The first-order valence-electron chi connectivity index (χ1n) is 10.5. The fraction of sp³-hybridized carbons (Fsp3) is 0.905. The van der Waals surface area contributed by atoms with Gasteiger partial charge in [0, 0.05) is 0 Å². The topological polar surface area (TPSA) is 38.3 Å². The molecule has 0 bridgehead atoms. The van der Waals surface area contributed by atoms with Gasteiger partial charge in [-0.25, -0.2) is 0 Å². The maximum absolute atomic E-state index is 11.3. The van der Waals surface area contributed by atoms with Crippen LogP contribution in [0.2, 0.25) is 0 Å². The number of nitrogens with one attached hydrogen (secondary N) is 1. The quantitative estimate of drug-likeness (QED) is 0.215. The Morgan fingerprint density at radius 3 is 1.92 bits per heavy atom. The average Bonchev–Trinajstić information content (AvgIpc) is 2.62. The van der Waals surface area contributed by atoms with E-state index in [0.29, 0.717) is 0 Å². The summed E-state index contributed by atoms with van der Waals surface area (Å²) >= 11 is 4.79. The molecule has 0 rings (SSSR count). The molecule has 3 nitrogen and oxygen atoms in total. The van der Waals surface area contributed by atoms with Crippen LogP contribution in [0.15, 0.2) is 0 Å². The van der Waals surface area contributed by atoms with Gasteiger partial charge < -0.3 is 0 Å². The monoisotopic (exact) mass is 451 g/mol. The van der Waals surface area contributed by atoms with E-state index in [1.54, 1.807) is 18.7 Å². The molecular weight excluding hydrogens is 409 g/mol. The Hall–Kier alpha value is 0.00948. The van der Waals surface area contributed by atoms with Crippen LogP contribution < -0.4 is 5.32 Å². The number of rotatable bonds is 19. The molecule has 0 fully saturated rings. The van der Waals surface area contributed by atoms with Gasteiger partial charge in [0.15, 0.2) is 0 Å². The van der Waals surface area contributed by atoms with Crippen LogP contribution >= 0.6 is 11.8 Å². The van der Waals surface area contributed by atoms with Gasteiger partial charge in [0.1, 0.15) is 0 Å². The van der Waals surface area contributed by atoms with Gasteiger partial charge in [-0.15, -0.1) is 0 Å². The zero-order valence-corrected chi connectivity index (χ0v) is 19.8. The summed E-state index contributed by atoms with van der Waals surface area (Å²) in [5, 5.41) is 2.97. The third kappa shape index (κ3) is 17.4. The fourth-order valence-electron chi connectivity index (χ4n) is 2.95. The molecule has 0 aromatic heterocycles. The van der Waals surface area contributed by atoms with Crippen molar-refractivity contribution < 1.29 is 9.53 Å². The molecule has 0 aliphatic rings. The van der Waals surface area contributed by atoms with Crippen LogP contribution in [0.25, 0.3) is 0 Å². The molecule has 5 heteroatoms. The van der Waals surface area contributed by atoms with Gasteiger partial charge in [-0.05, 0) is 0 Å². The first-order chi connectivity index (χ1) is 12.6. The molecular formula is C21H41NO2SSe. The van der Waals surface area contributed by atoms with E-state index in [2.05, 4.69) is 34.1 Å². The van der Waals surface area contributed by atoms with Crippen LogP contribution in [-0.2, 0) is 9.53 Å². The second-order valence-corrected chi connectivity index (χ2v) is 8.92. The Morgan fingerprint density at radius 1 is 0.962 bits per heavy atom. The van der Waals surface area contributed by atoms with Gasteiger partial charge in [0.2, 0.25) is 0 Å². The standard InChI is InChI=1S/C21H41NO2SSe/c1-4-5-6-7-8-9-10-11-12-13-14-15-17-24-21(26)20(16-18-25-3)22-19(2)23/h20H,4-18H2,1-3H3,(H,22,23)/t20-/m0/s1. The van der Waals surface area contributed by atoms with Crippen molar-refractivity contribution in [3.05, 3.63) is 0 Å². The number of amides is 1. The Bertz CT molecular complexity index is 353. The maximum atomic E-state index is 11.3. The summed E-state index contributed by atoms with van der Waals surface area (Å²) in [4.78, 5) is 11.3. The SMILES string of the molecule is CCCCCCCCCCCCCCOC(=[Se])[C@H](CCSC)NC(C)=O. The molecule has 0 radical (unpaired) electrons. The summed E-state index contributed by atoms with van der Waals surface area (Å²) in [5.74, 6) is 1.01. The molecule has 0 saturated carbocycles. The molecule has 0 aliphatic heterocycles. The average molecular weight is 451 g/mol. The van der Waals surface area contributed by atoms with E-state index in [0.717, 1.165) is 29.8 Å². The number of hydrogen-bond donors (Lipinski definition) is 1. The predicted octanol–water partition coefficient (Wildman–Crippen LogP) is 5.26. The van der Waals surface area contributed by atoms with Gasteiger partial charge in [-0.3, -0.25) is 0 Å². The Kier molecular flexibility index (Phi) is 19.8. The third-order valence-electron chi connectivity index (χ3n) is 4.51. The number of hydrogen-bond acceptors (Lipinski definition) is 3. The van der Waals surface area contributed by atoms with Crippen molar-refractivity contribution in [2.45, 2.75) is 103 Å². The van der Waals surface area contributed by atoms with Crippen LogP contribution in [0.5, 0.6) is 0 Å². The van der Waals surface area contributed by atoms with Gasteiger partial charge in [-0.2, -0.15) is 0 Å². The van der Waals surface area contributed by atoms with E-state index in [1.807, 2.05) is 0 Å². The Balaban J connectivity index is 3.51. The van der Waals surface area contributed by atoms with E-state index in [-0.39, 0.29) is 11.9 Å². The Morgan fingerprint density at radius 2 is 1.46 bits per heavy atom. The van der Waals surface area contributed by atoms with E-state index in [4.69, 9.17) is 4.74 Å². The molecule has 154 valence electrons. The van der Waals surface area contributed by atoms with E-state index in [9.17, 15) is 4.79 Å². The molecule has 0 aliphatic carbocycles. The van der Waals surface area contributed by atoms with Crippen LogP contribution in [0.4, 0.5) is 0 Å². The normalized spacial score (nSPS) is 12.0. The van der Waals surface area contributed by atoms with Crippen molar-refractivity contribution in [3.63, 3.8) is 0 Å². The van der Waals surface area contributed by atoms with Gasteiger partial charge in [0.25, 0.3) is 0 Å². The minimum atomic E-state index is -0.00252. The zero-order chi connectivity index (χ0) is 19.5. The van der Waals surface area contributed by atoms with Gasteiger partial charge in [0.05, 0.1) is 0 Å². The first-order valence-corrected chi connectivity index (χ1v) is 12.8. The summed E-state index contributed by atoms with van der Waals surface area (Å²) in [6, 6.07) is -0.00252. The molecule has 1 amide bonds. The summed E-state index contributed by atoms with van der Waals surface area (Å²) in [7, 11) is 0. The van der Waals surface area contributed by atoms with Crippen molar-refractivity contribution in [2.24, 2.45) is 0 Å². The molecule has 26 heavy (non-hydrogen) atoms. The number of carbonyl (C=O) groups excluding carboxylic acids is 1. The fourth-order valence-corrected chi connectivity index (χ4v) is 3.96. The number of unbranched alkanes of at least 4 members (excludes halogenated alkanes) is 11. The third-order valence-corrected chi connectivity index (χ3v) is 6.00. The van der Waals surface area contributed by atoms with E-state index < -0.39 is 0 Å². The molecule has 0 aromatic carbocycles. The summed E-state index contributed by atoms with van der Waals surface area (Å²) in [5.41, 5.74) is 0.